The molecular weight excluding hydrogens is 230 g/mol. The summed E-state index contributed by atoms with van der Waals surface area (Å²) in [5.41, 5.74) is 3.07. The van der Waals surface area contributed by atoms with Gasteiger partial charge in [0.2, 0.25) is 11.8 Å². The summed E-state index contributed by atoms with van der Waals surface area (Å²) >= 11 is 0. The van der Waals surface area contributed by atoms with E-state index in [0.717, 1.165) is 12.8 Å². The Balaban J connectivity index is 2.29. The topological polar surface area (TPSA) is 70.6 Å². The van der Waals surface area contributed by atoms with Crippen LogP contribution in [0, 0.1) is 5.92 Å². The van der Waals surface area contributed by atoms with Gasteiger partial charge in [-0.1, -0.05) is 26.7 Å². The van der Waals surface area contributed by atoms with Crippen molar-refractivity contribution in [3.8, 4) is 0 Å². The fourth-order valence-electron chi connectivity index (χ4n) is 1.90. The lowest BCUT2D eigenvalue weighted by atomic mass is 10.2. The number of nitrogens with zero attached hydrogens (tertiary/aromatic N) is 1. The Morgan fingerprint density at radius 3 is 2.44 bits per heavy atom. The maximum absolute atomic E-state index is 11.7. The van der Waals surface area contributed by atoms with E-state index in [9.17, 15) is 9.59 Å². The zero-order chi connectivity index (χ0) is 13.5. The van der Waals surface area contributed by atoms with Gasteiger partial charge in [0.1, 0.15) is 0 Å². The maximum Gasteiger partial charge on any atom is 0.242 e. The second kappa shape index (κ2) is 7.13. The highest BCUT2D eigenvalue weighted by molar-refractivity contribution is 6.00. The first-order chi connectivity index (χ1) is 8.49. The van der Waals surface area contributed by atoms with Crippen molar-refractivity contribution in [2.24, 2.45) is 11.0 Å². The van der Waals surface area contributed by atoms with Gasteiger partial charge in [0.25, 0.3) is 0 Å². The minimum absolute atomic E-state index is 0.0121. The van der Waals surface area contributed by atoms with E-state index < -0.39 is 0 Å². The van der Waals surface area contributed by atoms with Crippen molar-refractivity contribution in [3.05, 3.63) is 0 Å². The van der Waals surface area contributed by atoms with E-state index in [1.807, 2.05) is 0 Å². The van der Waals surface area contributed by atoms with E-state index in [1.165, 1.54) is 12.8 Å². The minimum atomic E-state index is -0.134. The molecule has 0 saturated heterocycles. The van der Waals surface area contributed by atoms with Crippen LogP contribution in [0.2, 0.25) is 0 Å². The fourth-order valence-corrected chi connectivity index (χ4v) is 1.90. The van der Waals surface area contributed by atoms with E-state index in [4.69, 9.17) is 0 Å². The number of carbonyl (C=O) groups excluding carboxylic acids is 2. The third-order valence-corrected chi connectivity index (χ3v) is 3.02. The highest BCUT2D eigenvalue weighted by Crippen LogP contribution is 2.17. The Morgan fingerprint density at radius 2 is 1.89 bits per heavy atom. The Bertz CT molecular complexity index is 331. The molecule has 0 bridgehead atoms. The smallest absolute Gasteiger partial charge is 0.242 e. The molecule has 1 fully saturated rings. The van der Waals surface area contributed by atoms with Gasteiger partial charge in [-0.05, 0) is 19.8 Å². The summed E-state index contributed by atoms with van der Waals surface area (Å²) in [7, 11) is 0. The van der Waals surface area contributed by atoms with Crippen molar-refractivity contribution in [2.45, 2.75) is 58.9 Å². The summed E-state index contributed by atoms with van der Waals surface area (Å²) in [5.74, 6) is -0.249. The summed E-state index contributed by atoms with van der Waals surface area (Å²) in [6.07, 6.45) is 4.79. The van der Waals surface area contributed by atoms with E-state index in [2.05, 4.69) is 15.8 Å². The van der Waals surface area contributed by atoms with Gasteiger partial charge in [-0.15, -0.1) is 0 Å². The van der Waals surface area contributed by atoms with Crippen molar-refractivity contribution in [1.82, 2.24) is 10.7 Å². The average molecular weight is 253 g/mol. The van der Waals surface area contributed by atoms with Crippen molar-refractivity contribution in [2.75, 3.05) is 0 Å². The molecule has 102 valence electrons. The van der Waals surface area contributed by atoms with Gasteiger partial charge in [0.05, 0.1) is 6.42 Å². The molecule has 5 nitrogen and oxygen atoms in total. The van der Waals surface area contributed by atoms with Crippen molar-refractivity contribution < 1.29 is 9.59 Å². The highest BCUT2D eigenvalue weighted by Gasteiger charge is 2.17. The second-order valence-corrected chi connectivity index (χ2v) is 5.20. The molecule has 1 rings (SSSR count). The zero-order valence-electron chi connectivity index (χ0n) is 11.5. The van der Waals surface area contributed by atoms with Gasteiger partial charge in [-0.25, -0.2) is 5.43 Å². The number of amides is 2. The van der Waals surface area contributed by atoms with Gasteiger partial charge in [-0.3, -0.25) is 9.59 Å². The molecule has 0 aromatic rings. The standard InChI is InChI=1S/C13H23N3O2/c1-9(2)13(18)16-15-10(3)8-12(17)14-11-6-4-5-7-11/h9,11H,4-8H2,1-3H3,(H,14,17)(H,16,18)/b15-10+. The lowest BCUT2D eigenvalue weighted by Crippen LogP contribution is -2.34. The molecule has 5 heteroatoms. The Kier molecular flexibility index (Phi) is 5.82. The number of rotatable bonds is 5. The normalized spacial score (nSPS) is 17.0. The van der Waals surface area contributed by atoms with Crippen LogP contribution in [-0.4, -0.2) is 23.6 Å². The van der Waals surface area contributed by atoms with Crippen LogP contribution in [0.3, 0.4) is 0 Å². The van der Waals surface area contributed by atoms with E-state index in [1.54, 1.807) is 20.8 Å². The lowest BCUT2D eigenvalue weighted by molar-refractivity contribution is -0.124. The quantitative estimate of drug-likeness (QED) is 0.577. The molecule has 0 spiro atoms. The average Bonchev–Trinajstić information content (AvgIpc) is 2.78. The monoisotopic (exact) mass is 253 g/mol. The van der Waals surface area contributed by atoms with Crippen molar-refractivity contribution in [1.29, 1.82) is 0 Å². The molecule has 2 amide bonds. The number of hydrogen-bond acceptors (Lipinski definition) is 3. The molecule has 0 radical (unpaired) electrons. The van der Waals surface area contributed by atoms with Crippen LogP contribution in [0.25, 0.3) is 0 Å². The number of hydrazone groups is 1. The molecule has 0 aliphatic heterocycles. The van der Waals surface area contributed by atoms with Crippen LogP contribution in [0.5, 0.6) is 0 Å². The van der Waals surface area contributed by atoms with E-state index >= 15 is 0 Å². The Morgan fingerprint density at radius 1 is 1.28 bits per heavy atom. The molecular formula is C13H23N3O2. The zero-order valence-corrected chi connectivity index (χ0v) is 11.5. The predicted octanol–water partition coefficient (Wildman–Crippen LogP) is 1.58. The maximum atomic E-state index is 11.7. The summed E-state index contributed by atoms with van der Waals surface area (Å²) in [5, 5.41) is 6.90. The summed E-state index contributed by atoms with van der Waals surface area (Å²) in [6.45, 7) is 5.34. The first-order valence-corrected chi connectivity index (χ1v) is 6.61. The van der Waals surface area contributed by atoms with Crippen molar-refractivity contribution >= 4 is 17.5 Å². The molecule has 18 heavy (non-hydrogen) atoms. The van der Waals surface area contributed by atoms with Crippen LogP contribution < -0.4 is 10.7 Å². The van der Waals surface area contributed by atoms with Crippen LogP contribution in [0.4, 0.5) is 0 Å². The third kappa shape index (κ3) is 5.29. The molecule has 0 aromatic heterocycles. The van der Waals surface area contributed by atoms with Gasteiger partial charge < -0.3 is 5.32 Å². The van der Waals surface area contributed by atoms with Gasteiger partial charge in [-0.2, -0.15) is 5.10 Å². The largest absolute Gasteiger partial charge is 0.353 e. The third-order valence-electron chi connectivity index (χ3n) is 3.02. The molecule has 0 aromatic carbocycles. The Hall–Kier alpha value is -1.39. The van der Waals surface area contributed by atoms with Crippen molar-refractivity contribution in [3.63, 3.8) is 0 Å². The predicted molar refractivity (Wildman–Crippen MR) is 71.1 cm³/mol. The van der Waals surface area contributed by atoms with E-state index in [0.29, 0.717) is 11.8 Å². The van der Waals surface area contributed by atoms with Gasteiger partial charge >= 0.3 is 0 Å². The molecule has 0 atom stereocenters. The Labute approximate surface area is 108 Å². The first kappa shape index (κ1) is 14.7. The number of hydrogen-bond donors (Lipinski definition) is 2. The summed E-state index contributed by atoms with van der Waals surface area (Å²) in [4.78, 5) is 23.0. The van der Waals surface area contributed by atoms with E-state index in [-0.39, 0.29) is 24.2 Å². The first-order valence-electron chi connectivity index (χ1n) is 6.61. The summed E-state index contributed by atoms with van der Waals surface area (Å²) < 4.78 is 0. The van der Waals surface area contributed by atoms with Crippen LogP contribution in [-0.2, 0) is 9.59 Å². The molecule has 1 saturated carbocycles. The van der Waals surface area contributed by atoms with Gasteiger partial charge in [0.15, 0.2) is 0 Å². The highest BCUT2D eigenvalue weighted by atomic mass is 16.2. The van der Waals surface area contributed by atoms with Crippen LogP contribution in [0.15, 0.2) is 5.10 Å². The minimum Gasteiger partial charge on any atom is -0.353 e. The summed E-state index contributed by atoms with van der Waals surface area (Å²) in [6, 6.07) is 0.329. The number of nitrogens with one attached hydrogen (secondary N) is 2. The lowest BCUT2D eigenvalue weighted by Gasteiger charge is -2.11. The second-order valence-electron chi connectivity index (χ2n) is 5.20. The molecule has 2 N–H and O–H groups in total. The number of carbonyl (C=O) groups is 2. The SMILES string of the molecule is C/C(CC(=O)NC1CCCC1)=N\NC(=O)C(C)C. The van der Waals surface area contributed by atoms with Crippen LogP contribution in [0.1, 0.15) is 52.9 Å². The van der Waals surface area contributed by atoms with Gasteiger partial charge in [0, 0.05) is 17.7 Å². The molecule has 0 unspecified atom stereocenters. The molecule has 1 aliphatic carbocycles. The van der Waals surface area contributed by atoms with Crippen LogP contribution >= 0.6 is 0 Å². The molecule has 0 heterocycles. The fraction of sp³-hybridized carbons (Fsp3) is 0.769. The molecule has 1 aliphatic rings.